The number of H-pyrrole nitrogens is 1. The number of carbonyl (C=O) groups excluding carboxylic acids is 2. The lowest BCUT2D eigenvalue weighted by molar-refractivity contribution is 0.0212. The van der Waals surface area contributed by atoms with Crippen molar-refractivity contribution < 1.29 is 19.1 Å². The monoisotopic (exact) mass is 623 g/mol. The molecule has 0 saturated carbocycles. The zero-order valence-corrected chi connectivity index (χ0v) is 28.2. The van der Waals surface area contributed by atoms with E-state index in [0.717, 1.165) is 41.1 Å². The number of nitrogens with one attached hydrogen (secondary N) is 1. The van der Waals surface area contributed by atoms with Gasteiger partial charge < -0.3 is 14.5 Å². The molecule has 9 nitrogen and oxygen atoms in total. The van der Waals surface area contributed by atoms with Gasteiger partial charge in [0.1, 0.15) is 22.7 Å². The quantitative estimate of drug-likeness (QED) is 0.369. The maximum atomic E-state index is 12.8. The van der Waals surface area contributed by atoms with Crippen LogP contribution in [0.25, 0.3) is 0 Å². The first-order valence-electron chi connectivity index (χ1n) is 16.1. The number of likely N-dealkylation sites (tertiary alicyclic amines) is 2. The maximum absolute atomic E-state index is 12.8. The number of imidazole rings is 1. The van der Waals surface area contributed by atoms with Gasteiger partial charge in [0, 0.05) is 48.1 Å². The number of hydrogen-bond acceptors (Lipinski definition) is 6. The molecule has 1 N–H and O–H groups in total. The summed E-state index contributed by atoms with van der Waals surface area (Å²) >= 11 is 0. The molecule has 5 rings (SSSR count). The molecule has 3 aliphatic heterocycles. The Balaban J connectivity index is 1.17. The van der Waals surface area contributed by atoms with Crippen LogP contribution >= 0.6 is 0 Å². The Hall–Kier alpha value is -4.50. The summed E-state index contributed by atoms with van der Waals surface area (Å²) in [5, 5.41) is 0. The van der Waals surface area contributed by atoms with Gasteiger partial charge in [-0.1, -0.05) is 31.6 Å². The highest BCUT2D eigenvalue weighted by Gasteiger charge is 2.40. The fourth-order valence-electron chi connectivity index (χ4n) is 5.94. The summed E-state index contributed by atoms with van der Waals surface area (Å²) in [6, 6.07) is 7.57. The number of ether oxygens (including phenoxy) is 2. The zero-order chi connectivity index (χ0) is 33.2. The first kappa shape index (κ1) is 32.9. The number of allylic oxidation sites excluding steroid dienone is 1. The van der Waals surface area contributed by atoms with Crippen molar-refractivity contribution in [1.82, 2.24) is 19.8 Å². The number of aromatic nitrogens is 2. The topological polar surface area (TPSA) is 100 Å². The minimum Gasteiger partial charge on any atom is -0.444 e. The van der Waals surface area contributed by atoms with Crippen molar-refractivity contribution >= 4 is 17.9 Å². The largest absolute Gasteiger partial charge is 0.444 e. The van der Waals surface area contributed by atoms with Gasteiger partial charge in [0.25, 0.3) is 0 Å². The van der Waals surface area contributed by atoms with E-state index in [0.29, 0.717) is 37.0 Å². The van der Waals surface area contributed by atoms with Crippen LogP contribution in [0.1, 0.15) is 103 Å². The third-order valence-electron chi connectivity index (χ3n) is 7.92. The Bertz CT molecular complexity index is 1650. The van der Waals surface area contributed by atoms with Gasteiger partial charge in [-0.3, -0.25) is 14.8 Å². The Morgan fingerprint density at radius 1 is 0.804 bits per heavy atom. The van der Waals surface area contributed by atoms with Crippen molar-refractivity contribution in [2.45, 2.75) is 97.9 Å². The summed E-state index contributed by atoms with van der Waals surface area (Å²) in [4.78, 5) is 41.7. The van der Waals surface area contributed by atoms with Gasteiger partial charge in [0.15, 0.2) is 0 Å². The van der Waals surface area contributed by atoms with Crippen LogP contribution in [0.15, 0.2) is 47.2 Å². The first-order valence-corrected chi connectivity index (χ1v) is 16.1. The Morgan fingerprint density at radius 2 is 1.33 bits per heavy atom. The molecule has 0 radical (unpaired) electrons. The first-order chi connectivity index (χ1) is 21.6. The van der Waals surface area contributed by atoms with Crippen molar-refractivity contribution in [2.75, 3.05) is 13.1 Å². The summed E-state index contributed by atoms with van der Waals surface area (Å²) in [6.07, 6.45) is 5.25. The lowest BCUT2D eigenvalue weighted by atomic mass is 10.0. The summed E-state index contributed by atoms with van der Waals surface area (Å²) in [5.41, 5.74) is 3.23. The van der Waals surface area contributed by atoms with Crippen LogP contribution in [0, 0.1) is 35.5 Å². The van der Waals surface area contributed by atoms with Crippen LogP contribution in [-0.2, 0) is 9.47 Å². The molecule has 2 fully saturated rings. The molecule has 9 heteroatoms. The van der Waals surface area contributed by atoms with Crippen molar-refractivity contribution in [3.63, 3.8) is 0 Å². The second kappa shape index (κ2) is 13.1. The van der Waals surface area contributed by atoms with E-state index in [-0.39, 0.29) is 24.3 Å². The molecule has 2 amide bonds. The summed E-state index contributed by atoms with van der Waals surface area (Å²) in [7, 11) is 0. The second-order valence-corrected chi connectivity index (χ2v) is 14.7. The van der Waals surface area contributed by atoms with E-state index in [4.69, 9.17) is 9.47 Å². The minimum atomic E-state index is -0.554. The van der Waals surface area contributed by atoms with Crippen LogP contribution in [-0.4, -0.2) is 68.0 Å². The Labute approximate surface area is 272 Å². The number of aliphatic imine (C=N–C) groups is 1. The average Bonchev–Trinajstić information content (AvgIpc) is 3.75. The molecule has 3 aliphatic rings. The molecule has 4 atom stereocenters. The Kier molecular flexibility index (Phi) is 9.35. The highest BCUT2D eigenvalue weighted by atomic mass is 16.6. The molecule has 1 aromatic heterocycles. The maximum Gasteiger partial charge on any atom is 0.410 e. The summed E-state index contributed by atoms with van der Waals surface area (Å²) in [5.74, 6) is 14.3. The molecule has 2 aromatic rings. The third kappa shape index (κ3) is 8.40. The van der Waals surface area contributed by atoms with Crippen molar-refractivity contribution in [1.29, 1.82) is 0 Å². The van der Waals surface area contributed by atoms with Gasteiger partial charge in [0.2, 0.25) is 0 Å². The molecular weight excluding hydrogens is 578 g/mol. The number of rotatable bonds is 2. The molecule has 0 aliphatic carbocycles. The van der Waals surface area contributed by atoms with Crippen molar-refractivity contribution in [3.05, 3.63) is 64.9 Å². The zero-order valence-electron chi connectivity index (χ0n) is 28.2. The van der Waals surface area contributed by atoms with Crippen LogP contribution in [0.5, 0.6) is 0 Å². The van der Waals surface area contributed by atoms with Crippen LogP contribution in [0.4, 0.5) is 9.59 Å². The highest BCUT2D eigenvalue weighted by Crippen LogP contribution is 2.35. The van der Waals surface area contributed by atoms with Crippen LogP contribution < -0.4 is 0 Å². The molecular formula is C37H45N5O4. The number of hydrogen-bond donors (Lipinski definition) is 1. The molecule has 0 spiro atoms. The molecule has 0 bridgehead atoms. The SMILES string of the molecule is C[C@@H]1C[C@@H](c2ncc(C#Cc3ccc(C#CC4=CN=C([C@@H]5C[C@H](C)CN5C(=O)OC(C)(C)C)C4)cc3)[nH]2)N(C(=O)OC(C)(C)C)C1. The van der Waals surface area contributed by atoms with Gasteiger partial charge >= 0.3 is 12.2 Å². The van der Waals surface area contributed by atoms with Crippen molar-refractivity contribution in [3.8, 4) is 23.7 Å². The van der Waals surface area contributed by atoms with Crippen LogP contribution in [0.3, 0.4) is 0 Å². The molecule has 1 aromatic carbocycles. The number of carbonyl (C=O) groups is 2. The Morgan fingerprint density at radius 3 is 1.89 bits per heavy atom. The van der Waals surface area contributed by atoms with E-state index in [2.05, 4.69) is 52.5 Å². The van der Waals surface area contributed by atoms with E-state index in [1.165, 1.54) is 0 Å². The molecule has 0 unspecified atom stereocenters. The predicted molar refractivity (Wildman–Crippen MR) is 178 cm³/mol. The number of amides is 2. The average molecular weight is 624 g/mol. The fourth-order valence-corrected chi connectivity index (χ4v) is 5.94. The molecule has 46 heavy (non-hydrogen) atoms. The summed E-state index contributed by atoms with van der Waals surface area (Å²) in [6.45, 7) is 16.9. The van der Waals surface area contributed by atoms with E-state index in [9.17, 15) is 9.59 Å². The van der Waals surface area contributed by atoms with E-state index >= 15 is 0 Å². The third-order valence-corrected chi connectivity index (χ3v) is 7.92. The second-order valence-electron chi connectivity index (χ2n) is 14.7. The number of nitrogens with zero attached hydrogens (tertiary/aromatic N) is 4. The van der Waals surface area contributed by atoms with Crippen molar-refractivity contribution in [2.24, 2.45) is 16.8 Å². The molecule has 242 valence electrons. The van der Waals surface area contributed by atoms with Gasteiger partial charge in [-0.15, -0.1) is 0 Å². The number of benzene rings is 1. The van der Waals surface area contributed by atoms with E-state index in [1.807, 2.05) is 76.9 Å². The normalized spacial score (nSPS) is 22.8. The molecule has 4 heterocycles. The van der Waals surface area contributed by atoms with E-state index in [1.54, 1.807) is 11.1 Å². The minimum absolute atomic E-state index is 0.0603. The standard InChI is InChI=1S/C37H45N5O4/c1-24-17-31(41(22-24)34(43)45-36(3,4)5)30-19-28(20-38-30)14-13-26-9-11-27(12-10-26)15-16-29-21-39-33(40-29)32-18-25(2)23-42(32)35(44)46-37(6,7)8/h9-12,20-21,24-25,31-32H,17-19,22-23H2,1-8H3,(H,39,40)/t24-,25+,31-,32-/m0/s1. The highest BCUT2D eigenvalue weighted by molar-refractivity contribution is 5.97. The molecule has 2 saturated heterocycles. The smallest absolute Gasteiger partial charge is 0.410 e. The van der Waals surface area contributed by atoms with E-state index < -0.39 is 11.2 Å². The van der Waals surface area contributed by atoms with Gasteiger partial charge in [-0.2, -0.15) is 0 Å². The lowest BCUT2D eigenvalue weighted by Gasteiger charge is -2.28. The lowest BCUT2D eigenvalue weighted by Crippen LogP contribution is -2.43. The fraction of sp³-hybridized carbons (Fsp3) is 0.514. The predicted octanol–water partition coefficient (Wildman–Crippen LogP) is 6.85. The van der Waals surface area contributed by atoms with Gasteiger partial charge in [-0.25, -0.2) is 14.6 Å². The number of aromatic amines is 1. The van der Waals surface area contributed by atoms with Crippen LogP contribution in [0.2, 0.25) is 0 Å². The van der Waals surface area contributed by atoms with Gasteiger partial charge in [-0.05, 0) is 96.4 Å². The van der Waals surface area contributed by atoms with Gasteiger partial charge in [0.05, 0.1) is 18.3 Å². The summed E-state index contributed by atoms with van der Waals surface area (Å²) < 4.78 is 11.3.